The first-order valence-corrected chi connectivity index (χ1v) is 8.86. The van der Waals surface area contributed by atoms with Crippen molar-refractivity contribution in [2.45, 2.75) is 0 Å². The van der Waals surface area contributed by atoms with Crippen LogP contribution in [0.1, 0.15) is 15.2 Å². The number of ether oxygens (including phenoxy) is 3. The molecule has 0 unspecified atom stereocenters. The monoisotopic (exact) mass is 399 g/mol. The lowest BCUT2D eigenvalue weighted by atomic mass is 10.2. The molecule has 10 heteroatoms. The summed E-state index contributed by atoms with van der Waals surface area (Å²) in [6.07, 6.45) is 1.44. The second-order valence-corrected chi connectivity index (χ2v) is 6.82. The number of nitrogens with zero attached hydrogens (tertiary/aromatic N) is 2. The van der Waals surface area contributed by atoms with Gasteiger partial charge in [0.2, 0.25) is 6.79 Å². The molecule has 1 aliphatic rings. The molecule has 0 bridgehead atoms. The van der Waals surface area contributed by atoms with Gasteiger partial charge in [0.05, 0.1) is 23.1 Å². The van der Waals surface area contributed by atoms with Crippen LogP contribution in [-0.2, 0) is 0 Å². The molecule has 2 heterocycles. The Morgan fingerprint density at radius 3 is 2.82 bits per heavy atom. The summed E-state index contributed by atoms with van der Waals surface area (Å²) < 4.78 is 16.7. The van der Waals surface area contributed by atoms with Crippen molar-refractivity contribution in [3.63, 3.8) is 0 Å². The Labute approximate surface area is 162 Å². The predicted octanol–water partition coefficient (Wildman–Crippen LogP) is 3.31. The highest BCUT2D eigenvalue weighted by Gasteiger charge is 2.17. The highest BCUT2D eigenvalue weighted by atomic mass is 32.1. The van der Waals surface area contributed by atoms with E-state index in [0.29, 0.717) is 33.1 Å². The maximum atomic E-state index is 12.3. The maximum Gasteiger partial charge on any atom is 0.281 e. The largest absolute Gasteiger partial charge is 0.496 e. The molecule has 0 fully saturated rings. The number of nitro benzene ring substituents is 1. The van der Waals surface area contributed by atoms with Crippen LogP contribution >= 0.6 is 11.3 Å². The zero-order chi connectivity index (χ0) is 19.7. The van der Waals surface area contributed by atoms with Crippen LogP contribution in [0.2, 0.25) is 0 Å². The molecule has 0 saturated heterocycles. The minimum Gasteiger partial charge on any atom is -0.496 e. The van der Waals surface area contributed by atoms with Crippen LogP contribution in [0.25, 0.3) is 10.1 Å². The van der Waals surface area contributed by atoms with Crippen molar-refractivity contribution in [2.24, 2.45) is 5.10 Å². The standard InChI is InChI=1S/C18H13N3O6S/c1-25-13-7-15-14(26-9-27-15)5-11(13)8-19-20-18(22)17-6-10-4-12(21(23)24)2-3-16(10)28-17/h2-8H,9H2,1H3,(H,20,22). The van der Waals surface area contributed by atoms with Crippen molar-refractivity contribution in [2.75, 3.05) is 13.9 Å². The zero-order valence-corrected chi connectivity index (χ0v) is 15.3. The lowest BCUT2D eigenvalue weighted by Gasteiger charge is -2.06. The van der Waals surface area contributed by atoms with Crippen LogP contribution in [-0.4, -0.2) is 30.9 Å². The number of hydrogen-bond acceptors (Lipinski definition) is 8. The number of nitrogens with one attached hydrogen (secondary N) is 1. The molecule has 142 valence electrons. The number of non-ortho nitro benzene ring substituents is 1. The van der Waals surface area contributed by atoms with E-state index in [4.69, 9.17) is 14.2 Å². The fourth-order valence-corrected chi connectivity index (χ4v) is 3.62. The van der Waals surface area contributed by atoms with Crippen LogP contribution in [0.4, 0.5) is 5.69 Å². The number of carbonyl (C=O) groups is 1. The Morgan fingerprint density at radius 2 is 2.07 bits per heavy atom. The second kappa shape index (κ2) is 7.16. The van der Waals surface area contributed by atoms with Crippen molar-refractivity contribution >= 4 is 39.2 Å². The summed E-state index contributed by atoms with van der Waals surface area (Å²) in [6, 6.07) is 9.45. The molecular formula is C18H13N3O6S. The summed E-state index contributed by atoms with van der Waals surface area (Å²) in [7, 11) is 1.52. The van der Waals surface area contributed by atoms with Gasteiger partial charge in [-0.1, -0.05) is 0 Å². The van der Waals surface area contributed by atoms with E-state index in [1.54, 1.807) is 24.3 Å². The van der Waals surface area contributed by atoms with E-state index in [0.717, 1.165) is 4.70 Å². The van der Waals surface area contributed by atoms with Gasteiger partial charge in [0.15, 0.2) is 11.5 Å². The Hall–Kier alpha value is -3.66. The highest BCUT2D eigenvalue weighted by molar-refractivity contribution is 7.20. The van der Waals surface area contributed by atoms with E-state index in [1.807, 2.05) is 0 Å². The van der Waals surface area contributed by atoms with E-state index in [1.165, 1.54) is 36.8 Å². The summed E-state index contributed by atoms with van der Waals surface area (Å²) in [5.41, 5.74) is 3.03. The molecule has 1 amide bonds. The Balaban J connectivity index is 1.51. The average molecular weight is 399 g/mol. The van der Waals surface area contributed by atoms with E-state index in [2.05, 4.69) is 10.5 Å². The van der Waals surface area contributed by atoms with Gasteiger partial charge >= 0.3 is 0 Å². The minimum atomic E-state index is -0.472. The molecule has 28 heavy (non-hydrogen) atoms. The molecule has 0 radical (unpaired) electrons. The van der Waals surface area contributed by atoms with Crippen molar-refractivity contribution in [1.29, 1.82) is 0 Å². The number of hydrazone groups is 1. The molecular weight excluding hydrogens is 386 g/mol. The fourth-order valence-electron chi connectivity index (χ4n) is 2.69. The molecule has 0 spiro atoms. The van der Waals surface area contributed by atoms with Gasteiger partial charge < -0.3 is 14.2 Å². The first kappa shape index (κ1) is 17.7. The van der Waals surface area contributed by atoms with Crippen LogP contribution in [0.3, 0.4) is 0 Å². The maximum absolute atomic E-state index is 12.3. The number of benzene rings is 2. The van der Waals surface area contributed by atoms with E-state index >= 15 is 0 Å². The smallest absolute Gasteiger partial charge is 0.281 e. The Bertz CT molecular complexity index is 1120. The number of hydrogen-bond donors (Lipinski definition) is 1. The number of rotatable bonds is 5. The molecule has 1 N–H and O–H groups in total. The summed E-state index contributed by atoms with van der Waals surface area (Å²) in [5.74, 6) is 1.26. The van der Waals surface area contributed by atoms with Crippen LogP contribution in [0.15, 0.2) is 41.5 Å². The zero-order valence-electron chi connectivity index (χ0n) is 14.5. The third-order valence-electron chi connectivity index (χ3n) is 4.03. The van der Waals surface area contributed by atoms with Gasteiger partial charge in [0.1, 0.15) is 5.75 Å². The predicted molar refractivity (Wildman–Crippen MR) is 103 cm³/mol. The summed E-state index contributed by atoms with van der Waals surface area (Å²) in [6.45, 7) is 0.139. The number of methoxy groups -OCH3 is 1. The SMILES string of the molecule is COc1cc2c(cc1C=NNC(=O)c1cc3cc([N+](=O)[O-])ccc3s1)OCO2. The molecule has 1 aliphatic heterocycles. The van der Waals surface area contributed by atoms with E-state index in [9.17, 15) is 14.9 Å². The topological polar surface area (TPSA) is 112 Å². The number of amides is 1. The average Bonchev–Trinajstić information content (AvgIpc) is 3.32. The molecule has 0 aliphatic carbocycles. The molecule has 9 nitrogen and oxygen atoms in total. The van der Waals surface area contributed by atoms with Crippen LogP contribution in [0, 0.1) is 10.1 Å². The summed E-state index contributed by atoms with van der Waals surface area (Å²) in [5, 5.41) is 15.5. The molecule has 0 atom stereocenters. The Kier molecular flexibility index (Phi) is 4.53. The Morgan fingerprint density at radius 1 is 1.29 bits per heavy atom. The normalized spacial score (nSPS) is 12.5. The van der Waals surface area contributed by atoms with Gasteiger partial charge in [-0.2, -0.15) is 5.10 Å². The van der Waals surface area contributed by atoms with Gasteiger partial charge in [0, 0.05) is 33.8 Å². The molecule has 1 aromatic heterocycles. The van der Waals surface area contributed by atoms with Crippen LogP contribution < -0.4 is 19.6 Å². The highest BCUT2D eigenvalue weighted by Crippen LogP contribution is 2.37. The number of fused-ring (bicyclic) bond motifs is 2. The summed E-state index contributed by atoms with van der Waals surface area (Å²) >= 11 is 1.23. The van der Waals surface area contributed by atoms with Crippen molar-refractivity contribution in [3.05, 3.63) is 57.0 Å². The molecule has 0 saturated carbocycles. The van der Waals surface area contributed by atoms with Crippen molar-refractivity contribution in [3.8, 4) is 17.2 Å². The van der Waals surface area contributed by atoms with Crippen LogP contribution in [0.5, 0.6) is 17.2 Å². The van der Waals surface area contributed by atoms with Gasteiger partial charge in [-0.15, -0.1) is 11.3 Å². The third kappa shape index (κ3) is 3.32. The minimum absolute atomic E-state index is 0.0230. The lowest BCUT2D eigenvalue weighted by Crippen LogP contribution is -2.16. The lowest BCUT2D eigenvalue weighted by molar-refractivity contribution is -0.384. The van der Waals surface area contributed by atoms with Gasteiger partial charge in [-0.3, -0.25) is 14.9 Å². The number of thiophene rings is 1. The van der Waals surface area contributed by atoms with Crippen molar-refractivity contribution < 1.29 is 23.9 Å². The fraction of sp³-hybridized carbons (Fsp3) is 0.111. The summed E-state index contributed by atoms with van der Waals surface area (Å²) in [4.78, 5) is 23.1. The third-order valence-corrected chi connectivity index (χ3v) is 5.14. The van der Waals surface area contributed by atoms with Crippen molar-refractivity contribution in [1.82, 2.24) is 5.43 Å². The number of carbonyl (C=O) groups excluding carboxylic acids is 1. The van der Waals surface area contributed by atoms with Gasteiger partial charge in [-0.25, -0.2) is 5.43 Å². The first-order valence-electron chi connectivity index (χ1n) is 8.04. The number of nitro groups is 1. The van der Waals surface area contributed by atoms with Gasteiger partial charge in [0.25, 0.3) is 11.6 Å². The quantitative estimate of drug-likeness (QED) is 0.400. The van der Waals surface area contributed by atoms with E-state index < -0.39 is 10.8 Å². The molecule has 3 aromatic rings. The molecule has 4 rings (SSSR count). The van der Waals surface area contributed by atoms with E-state index in [-0.39, 0.29) is 12.5 Å². The molecule has 2 aromatic carbocycles. The second-order valence-electron chi connectivity index (χ2n) is 5.74. The van der Waals surface area contributed by atoms with Gasteiger partial charge in [-0.05, 0) is 18.2 Å². The first-order chi connectivity index (χ1) is 13.5.